The van der Waals surface area contributed by atoms with Gasteiger partial charge in [0.25, 0.3) is 0 Å². The van der Waals surface area contributed by atoms with E-state index in [1.807, 2.05) is 62.0 Å². The molecule has 0 spiro atoms. The van der Waals surface area contributed by atoms with Crippen molar-refractivity contribution in [3.63, 3.8) is 0 Å². The summed E-state index contributed by atoms with van der Waals surface area (Å²) in [6.45, 7) is 36.4. The zero-order valence-electron chi connectivity index (χ0n) is 54.0. The van der Waals surface area contributed by atoms with Gasteiger partial charge in [0.15, 0.2) is 17.1 Å². The fraction of sp³-hybridized carbons (Fsp3) is 0.414. The Morgan fingerprint density at radius 3 is 1.18 bits per heavy atom. The fourth-order valence-corrected chi connectivity index (χ4v) is 17.1. The monoisotopic (exact) mass is 1470 g/mol. The Kier molecular flexibility index (Phi) is 20.7. The molecular weight excluding hydrogens is 1410 g/mol. The van der Waals surface area contributed by atoms with Crippen LogP contribution in [-0.4, -0.2) is 160 Å². The van der Waals surface area contributed by atoms with Gasteiger partial charge in [0.05, 0.1) is 75.9 Å². The average Bonchev–Trinajstić information content (AvgIpc) is 1.69. The van der Waals surface area contributed by atoms with Crippen LogP contribution in [0.15, 0.2) is 89.7 Å². The minimum atomic E-state index is -0.543. The molecule has 12 heterocycles. The van der Waals surface area contributed by atoms with Gasteiger partial charge in [-0.1, -0.05) is 71.2 Å². The largest absolute Gasteiger partial charge is 0.472 e. The van der Waals surface area contributed by atoms with Gasteiger partial charge in [-0.05, 0) is 58.7 Å². The molecule has 512 valence electrons. The third-order valence-corrected chi connectivity index (χ3v) is 22.2. The van der Waals surface area contributed by atoms with Gasteiger partial charge in [-0.15, -0.1) is 46.4 Å². The second kappa shape index (κ2) is 29.4. The Morgan fingerprint density at radius 2 is 0.859 bits per heavy atom. The van der Waals surface area contributed by atoms with Crippen LogP contribution in [0.3, 0.4) is 0 Å². The molecule has 6 atom stereocenters. The van der Waals surface area contributed by atoms with Crippen molar-refractivity contribution in [2.24, 2.45) is 35.5 Å². The minimum absolute atomic E-state index is 0. The number of thiophene rings is 3. The summed E-state index contributed by atoms with van der Waals surface area (Å²) in [7, 11) is 0. The maximum atomic E-state index is 12.7. The van der Waals surface area contributed by atoms with Gasteiger partial charge in [-0.25, -0.2) is 54.0 Å². The SMILES string of the molecule is Cl.[C-]#[N+]c1ccc(-c2csc3c(OC4C5CNCC4COC5)ncnc23)c(Cl)c1.[C-]#[N+]c1ccc(-c2csc3c(OC4C5COCC4CN(C(=O)OC(C)(C)C)C5)ncnc23)c(Cl)c1.[C-]#[N+]c1ccc(-c2csc3c(OC4C5COCC4CN(C(=O)OC4(C)CC4)C5)ncnc23)c(Cl)c1. The number of carbonyl (C=O) groups is 2. The van der Waals surface area contributed by atoms with E-state index in [1.165, 1.54) is 35.3 Å². The van der Waals surface area contributed by atoms with Gasteiger partial charge in [-0.2, -0.15) is 0 Å². The molecule has 7 fully saturated rings. The first-order chi connectivity index (χ1) is 47.4. The predicted octanol–water partition coefficient (Wildman–Crippen LogP) is 16.0. The zero-order valence-corrected chi connectivity index (χ0v) is 59.6. The Hall–Kier alpha value is -7.81. The van der Waals surface area contributed by atoms with E-state index < -0.39 is 5.60 Å². The van der Waals surface area contributed by atoms with Crippen LogP contribution < -0.4 is 19.5 Å². The number of likely N-dealkylation sites (tertiary alicyclic amines) is 2. The van der Waals surface area contributed by atoms with E-state index in [9.17, 15) is 9.59 Å². The summed E-state index contributed by atoms with van der Waals surface area (Å²) in [5.74, 6) is 2.41. The van der Waals surface area contributed by atoms with Crippen molar-refractivity contribution in [2.75, 3.05) is 78.9 Å². The van der Waals surface area contributed by atoms with E-state index in [2.05, 4.69) is 49.8 Å². The summed E-state index contributed by atoms with van der Waals surface area (Å²) in [4.78, 5) is 66.1. The van der Waals surface area contributed by atoms with Crippen molar-refractivity contribution in [1.82, 2.24) is 45.0 Å². The van der Waals surface area contributed by atoms with Crippen molar-refractivity contribution in [1.29, 1.82) is 0 Å². The highest BCUT2D eigenvalue weighted by Gasteiger charge is 2.49. The van der Waals surface area contributed by atoms with E-state index in [4.69, 9.17) is 92.4 Å². The molecule has 9 aromatic rings. The van der Waals surface area contributed by atoms with Gasteiger partial charge >= 0.3 is 12.2 Å². The fourth-order valence-electron chi connectivity index (χ4n) is 13.4. The lowest BCUT2D eigenvalue weighted by Gasteiger charge is -2.46. The van der Waals surface area contributed by atoms with E-state index in [0.717, 1.165) is 90.0 Å². The van der Waals surface area contributed by atoms with Crippen LogP contribution in [0.1, 0.15) is 40.5 Å². The van der Waals surface area contributed by atoms with E-state index in [1.54, 1.807) is 63.9 Å². The molecule has 1 saturated carbocycles. The molecule has 7 aliphatic rings. The Morgan fingerprint density at radius 1 is 0.525 bits per heavy atom. The first kappa shape index (κ1) is 69.7. The van der Waals surface area contributed by atoms with Gasteiger partial charge in [0, 0.05) is 139 Å². The summed E-state index contributed by atoms with van der Waals surface area (Å²) in [6.07, 6.45) is 5.70. The number of rotatable bonds is 10. The van der Waals surface area contributed by atoms with Crippen LogP contribution in [0.4, 0.5) is 26.7 Å². The number of fused-ring (bicyclic) bond motifs is 9. The van der Waals surface area contributed by atoms with Crippen LogP contribution in [0.25, 0.3) is 78.6 Å². The van der Waals surface area contributed by atoms with Crippen molar-refractivity contribution in [3.05, 3.63) is 139 Å². The topological polar surface area (TPSA) is 217 Å². The number of carbonyl (C=O) groups excluding carboxylic acids is 2. The molecule has 1 aliphatic carbocycles. The Bertz CT molecular complexity index is 4420. The molecule has 6 unspecified atom stereocenters. The number of aromatic nitrogens is 6. The van der Waals surface area contributed by atoms with Crippen molar-refractivity contribution in [3.8, 4) is 51.0 Å². The summed E-state index contributed by atoms with van der Waals surface area (Å²) < 4.78 is 50.6. The Balaban J connectivity index is 0.000000134. The average molecular weight is 1470 g/mol. The lowest BCUT2D eigenvalue weighted by Crippen LogP contribution is -2.59. The lowest BCUT2D eigenvalue weighted by molar-refractivity contribution is -0.112. The predicted molar refractivity (Wildman–Crippen MR) is 383 cm³/mol. The first-order valence-electron chi connectivity index (χ1n) is 32.0. The van der Waals surface area contributed by atoms with Crippen molar-refractivity contribution >= 4 is 141 Å². The van der Waals surface area contributed by atoms with Crippen LogP contribution in [0.2, 0.25) is 15.1 Å². The van der Waals surface area contributed by atoms with Crippen molar-refractivity contribution in [2.45, 2.75) is 70.1 Å². The number of benzene rings is 3. The molecule has 16 rings (SSSR count). The van der Waals surface area contributed by atoms with Gasteiger partial charge in [0.1, 0.15) is 62.6 Å². The maximum absolute atomic E-state index is 12.7. The van der Waals surface area contributed by atoms with Gasteiger partial charge in [0.2, 0.25) is 17.6 Å². The van der Waals surface area contributed by atoms with E-state index >= 15 is 0 Å². The molecule has 6 aliphatic heterocycles. The molecule has 22 nitrogen and oxygen atoms in total. The molecule has 99 heavy (non-hydrogen) atoms. The molecule has 2 amide bonds. The smallest absolute Gasteiger partial charge is 0.410 e. The third-order valence-electron chi connectivity index (χ3n) is 18.4. The highest BCUT2D eigenvalue weighted by atomic mass is 35.5. The van der Waals surface area contributed by atoms with Crippen molar-refractivity contribution < 1.29 is 47.5 Å². The highest BCUT2D eigenvalue weighted by molar-refractivity contribution is 7.18. The van der Waals surface area contributed by atoms with E-state index in [-0.39, 0.29) is 72.2 Å². The Labute approximate surface area is 604 Å². The van der Waals surface area contributed by atoms with E-state index in [0.29, 0.717) is 127 Å². The van der Waals surface area contributed by atoms with Gasteiger partial charge in [-0.3, -0.25) is 0 Å². The summed E-state index contributed by atoms with van der Waals surface area (Å²) in [6, 6.07) is 15.8. The molecular formula is C70H66Cl4N12O10S3. The van der Waals surface area contributed by atoms with Crippen LogP contribution in [0.5, 0.6) is 17.6 Å². The first-order valence-corrected chi connectivity index (χ1v) is 35.8. The van der Waals surface area contributed by atoms with Crippen LogP contribution >= 0.6 is 81.2 Å². The summed E-state index contributed by atoms with van der Waals surface area (Å²) >= 11 is 23.9. The number of amides is 2. The third kappa shape index (κ3) is 14.9. The molecule has 0 radical (unpaired) electrons. The second-order valence-electron chi connectivity index (χ2n) is 26.5. The molecule has 1 N–H and O–H groups in total. The quantitative estimate of drug-likeness (QED) is 0.126. The van der Waals surface area contributed by atoms with Gasteiger partial charge < -0.3 is 53.0 Å². The molecule has 6 bridgehead atoms. The number of ether oxygens (including phenoxy) is 8. The number of hydrogen-bond acceptors (Lipinski definition) is 20. The summed E-state index contributed by atoms with van der Waals surface area (Å²) in [5.41, 5.74) is 8.18. The number of halogens is 4. The molecule has 6 aromatic heterocycles. The molecule has 29 heteroatoms. The number of nitrogens with zero attached hydrogens (tertiary/aromatic N) is 11. The normalized spacial score (nSPS) is 23.3. The molecule has 6 saturated heterocycles. The standard InChI is InChI=1S/C25H23ClN4O4S.C25H25ClN4O4S.C20H17ClN4O2S.ClH/c1-25(5-6-25)34-24(31)30-8-14-10-32-11-15(9-30)21(14)33-23-22-20(28-13-29-23)18(12-35-22)17-4-3-16(27-2)7-19(17)26;1-25(2,3)34-24(31)30-8-14-10-32-11-15(9-30)21(14)33-23-22-20(28-13-29-23)18(12-35-22)17-6-5-16(27-4)7-19(17)26;1-22-13-2-3-14(16(21)4-13)15-9-28-19-17(15)24-10-25-20(19)27-18-11-5-23-6-12(18)8-26-7-11;/h3-4,7,12-15,21H,5-6,8-11H2,1H3;5-7,12-15,21H,8-11H2,1-3H3;2-4,9-12,18,23H,5-8H2;1H. The molecule has 3 aromatic carbocycles. The second-order valence-corrected chi connectivity index (χ2v) is 30.4. The van der Waals surface area contributed by atoms with Crippen LogP contribution in [0, 0.1) is 55.2 Å². The van der Waals surface area contributed by atoms with Crippen LogP contribution in [-0.2, 0) is 23.7 Å². The zero-order chi connectivity index (χ0) is 68.0. The maximum Gasteiger partial charge on any atom is 0.410 e. The summed E-state index contributed by atoms with van der Waals surface area (Å²) in [5, 5.41) is 11.0. The number of nitrogens with one attached hydrogen (secondary N) is 1. The lowest BCUT2D eigenvalue weighted by atomic mass is 9.84. The number of hydrogen-bond donors (Lipinski definition) is 1. The highest BCUT2D eigenvalue weighted by Crippen LogP contribution is 2.47. The number of piperidine rings is 3. The minimum Gasteiger partial charge on any atom is -0.472 e.